The van der Waals surface area contributed by atoms with E-state index in [-0.39, 0.29) is 29.4 Å². The van der Waals surface area contributed by atoms with Crippen LogP contribution in [0.4, 0.5) is 0 Å². The van der Waals surface area contributed by atoms with Gasteiger partial charge in [-0.15, -0.1) is 0 Å². The van der Waals surface area contributed by atoms with Crippen molar-refractivity contribution in [3.05, 3.63) is 35.4 Å². The molecule has 1 saturated heterocycles. The second-order valence-corrected chi connectivity index (χ2v) is 10.9. The molecule has 5 rings (SSSR count). The molecule has 4 aliphatic rings. The number of benzene rings is 1. The number of nitrogens with zero attached hydrogens (tertiary/aromatic N) is 2. The Morgan fingerprint density at radius 2 is 1.97 bits per heavy atom. The minimum absolute atomic E-state index is 0.0184. The maximum absolute atomic E-state index is 13.2. The minimum Gasteiger partial charge on any atom is -0.391 e. The van der Waals surface area contributed by atoms with Gasteiger partial charge in [0, 0.05) is 13.1 Å². The van der Waals surface area contributed by atoms with Gasteiger partial charge >= 0.3 is 0 Å². The summed E-state index contributed by atoms with van der Waals surface area (Å²) in [6.45, 7) is 1.01. The van der Waals surface area contributed by atoms with Gasteiger partial charge in [0.1, 0.15) is 6.10 Å². The van der Waals surface area contributed by atoms with Gasteiger partial charge in [-0.1, -0.05) is 29.4 Å². The van der Waals surface area contributed by atoms with Gasteiger partial charge in [0.15, 0.2) is 5.71 Å². The van der Waals surface area contributed by atoms with E-state index in [1.807, 2.05) is 12.1 Å². The highest BCUT2D eigenvalue weighted by atomic mass is 32.2. The summed E-state index contributed by atoms with van der Waals surface area (Å²) in [5, 5.41) is 7.40. The average molecular weight is 418 g/mol. The Morgan fingerprint density at radius 3 is 2.72 bits per heavy atom. The van der Waals surface area contributed by atoms with E-state index >= 15 is 0 Å². The van der Waals surface area contributed by atoms with Gasteiger partial charge in [-0.25, -0.2) is 12.7 Å². The topological polar surface area (TPSA) is 88.1 Å². The lowest BCUT2D eigenvalue weighted by Gasteiger charge is -2.41. The Morgan fingerprint density at radius 1 is 1.21 bits per heavy atom. The van der Waals surface area contributed by atoms with Gasteiger partial charge in [-0.05, 0) is 55.1 Å². The fourth-order valence-electron chi connectivity index (χ4n) is 5.85. The number of rotatable bonds is 3. The largest absolute Gasteiger partial charge is 0.391 e. The molecule has 2 fully saturated rings. The summed E-state index contributed by atoms with van der Waals surface area (Å²) >= 11 is 0. The monoisotopic (exact) mass is 417 g/mol. The Kier molecular flexibility index (Phi) is 4.47. The molecule has 0 bridgehead atoms. The van der Waals surface area contributed by atoms with E-state index in [0.29, 0.717) is 18.8 Å². The smallest absolute Gasteiger partial charge is 0.270 e. The summed E-state index contributed by atoms with van der Waals surface area (Å²) in [5.74, 6) is -0.174. The lowest BCUT2D eigenvalue weighted by Crippen LogP contribution is -2.49. The van der Waals surface area contributed by atoms with Gasteiger partial charge in [-0.3, -0.25) is 4.79 Å². The molecule has 0 unspecified atom stereocenters. The van der Waals surface area contributed by atoms with E-state index in [0.717, 1.165) is 38.5 Å². The number of hydrogen-bond donors (Lipinski definition) is 1. The summed E-state index contributed by atoms with van der Waals surface area (Å²) < 4.78 is 25.3. The Labute approximate surface area is 171 Å². The van der Waals surface area contributed by atoms with Crippen molar-refractivity contribution in [1.29, 1.82) is 0 Å². The molecule has 1 saturated carbocycles. The van der Waals surface area contributed by atoms with Crippen molar-refractivity contribution in [1.82, 2.24) is 9.62 Å². The normalized spacial score (nSPS) is 30.5. The standard InChI is InChI=1S/C21H27N3O4S/c1-29(26,27)24-12-10-21(11-13-24)9-8-17-18(21)19(23-28-17)20(25)22-16-7-6-14-4-2-3-5-15(14)16/h2-5,16-18H,6-13H2,1H3,(H,22,25)/t16-,17+,18-/m1/s1. The van der Waals surface area contributed by atoms with Crippen LogP contribution in [0.1, 0.15) is 49.3 Å². The van der Waals surface area contributed by atoms with Crippen molar-refractivity contribution in [3.8, 4) is 0 Å². The third kappa shape index (κ3) is 3.17. The molecule has 7 nitrogen and oxygen atoms in total. The molecule has 1 N–H and O–H groups in total. The van der Waals surface area contributed by atoms with Crippen LogP contribution < -0.4 is 5.32 Å². The van der Waals surface area contributed by atoms with Crippen LogP contribution in [-0.4, -0.2) is 49.8 Å². The first-order chi connectivity index (χ1) is 13.9. The van der Waals surface area contributed by atoms with Gasteiger partial charge < -0.3 is 10.2 Å². The fourth-order valence-corrected chi connectivity index (χ4v) is 6.70. The zero-order valence-electron chi connectivity index (χ0n) is 16.6. The molecule has 3 atom stereocenters. The van der Waals surface area contributed by atoms with Crippen molar-refractivity contribution >= 4 is 21.6 Å². The lowest BCUT2D eigenvalue weighted by molar-refractivity contribution is -0.116. The molecule has 2 heterocycles. The Balaban J connectivity index is 1.32. The predicted molar refractivity (Wildman–Crippen MR) is 109 cm³/mol. The maximum atomic E-state index is 13.2. The van der Waals surface area contributed by atoms with Gasteiger partial charge in [0.05, 0.1) is 18.2 Å². The Hall–Kier alpha value is -1.93. The molecule has 1 spiro atoms. The highest BCUT2D eigenvalue weighted by Gasteiger charge is 2.57. The number of sulfonamides is 1. The van der Waals surface area contributed by atoms with Crippen LogP contribution >= 0.6 is 0 Å². The number of fused-ring (bicyclic) bond motifs is 3. The molecule has 2 aliphatic carbocycles. The van der Waals surface area contributed by atoms with Crippen LogP contribution in [0.5, 0.6) is 0 Å². The second kappa shape index (κ2) is 6.80. The maximum Gasteiger partial charge on any atom is 0.270 e. The number of aryl methyl sites for hydroxylation is 1. The number of piperidine rings is 1. The third-order valence-electron chi connectivity index (χ3n) is 7.40. The Bertz CT molecular complexity index is 966. The van der Waals surface area contributed by atoms with Crippen molar-refractivity contribution < 1.29 is 18.0 Å². The van der Waals surface area contributed by atoms with Crippen LogP contribution in [0, 0.1) is 11.3 Å². The van der Waals surface area contributed by atoms with E-state index in [1.54, 1.807) is 4.31 Å². The second-order valence-electron chi connectivity index (χ2n) is 8.92. The number of oxime groups is 1. The van der Waals surface area contributed by atoms with Crippen molar-refractivity contribution in [2.45, 2.75) is 50.7 Å². The molecule has 8 heteroatoms. The number of amides is 1. The summed E-state index contributed by atoms with van der Waals surface area (Å²) in [4.78, 5) is 18.8. The number of hydrogen-bond acceptors (Lipinski definition) is 5. The number of nitrogens with one attached hydrogen (secondary N) is 1. The molecule has 2 aliphatic heterocycles. The van der Waals surface area contributed by atoms with Crippen molar-refractivity contribution in [2.24, 2.45) is 16.5 Å². The van der Waals surface area contributed by atoms with Crippen LogP contribution in [0.3, 0.4) is 0 Å². The first kappa shape index (κ1) is 19.1. The summed E-state index contributed by atoms with van der Waals surface area (Å²) in [6, 6.07) is 8.27. The molecule has 156 valence electrons. The first-order valence-electron chi connectivity index (χ1n) is 10.4. The third-order valence-corrected chi connectivity index (χ3v) is 8.70. The fraction of sp³-hybridized carbons (Fsp3) is 0.619. The molecular weight excluding hydrogens is 390 g/mol. The molecule has 1 amide bonds. The summed E-state index contributed by atoms with van der Waals surface area (Å²) in [6.07, 6.45) is 6.42. The highest BCUT2D eigenvalue weighted by molar-refractivity contribution is 7.88. The molecule has 29 heavy (non-hydrogen) atoms. The van der Waals surface area contributed by atoms with E-state index in [9.17, 15) is 13.2 Å². The van der Waals surface area contributed by atoms with Crippen LogP contribution in [0.25, 0.3) is 0 Å². The quantitative estimate of drug-likeness (QED) is 0.815. The van der Waals surface area contributed by atoms with Crippen LogP contribution in [0.2, 0.25) is 0 Å². The molecule has 0 radical (unpaired) electrons. The minimum atomic E-state index is -3.18. The molecule has 1 aromatic rings. The van der Waals surface area contributed by atoms with E-state index < -0.39 is 10.0 Å². The van der Waals surface area contributed by atoms with Gasteiger partial charge in [0.2, 0.25) is 10.0 Å². The van der Waals surface area contributed by atoms with Gasteiger partial charge in [0.25, 0.3) is 5.91 Å². The number of carbonyl (C=O) groups is 1. The molecular formula is C21H27N3O4S. The van der Waals surface area contributed by atoms with Crippen molar-refractivity contribution in [3.63, 3.8) is 0 Å². The highest BCUT2D eigenvalue weighted by Crippen LogP contribution is 2.54. The van der Waals surface area contributed by atoms with Crippen LogP contribution in [-0.2, 0) is 26.1 Å². The first-order valence-corrected chi connectivity index (χ1v) is 12.3. The summed E-state index contributed by atoms with van der Waals surface area (Å²) in [5.41, 5.74) is 2.90. The SMILES string of the molecule is CS(=O)(=O)N1CCC2(CC[C@@H]3ON=C(C(=O)N[C@@H]4CCc5ccccc54)[C@@H]32)CC1. The summed E-state index contributed by atoms with van der Waals surface area (Å²) in [7, 11) is -3.18. The van der Waals surface area contributed by atoms with Crippen LogP contribution in [0.15, 0.2) is 29.4 Å². The average Bonchev–Trinajstić information content (AvgIpc) is 3.38. The number of carbonyl (C=O) groups excluding carboxylic acids is 1. The van der Waals surface area contributed by atoms with Crippen molar-refractivity contribution in [2.75, 3.05) is 19.3 Å². The lowest BCUT2D eigenvalue weighted by atomic mass is 9.69. The van der Waals surface area contributed by atoms with Gasteiger partial charge in [-0.2, -0.15) is 0 Å². The van der Waals surface area contributed by atoms with E-state index in [4.69, 9.17) is 4.84 Å². The molecule has 0 aromatic heterocycles. The predicted octanol–water partition coefficient (Wildman–Crippen LogP) is 2.00. The van der Waals surface area contributed by atoms with E-state index in [2.05, 4.69) is 22.6 Å². The van der Waals surface area contributed by atoms with E-state index in [1.165, 1.54) is 17.4 Å². The zero-order valence-corrected chi connectivity index (χ0v) is 17.5. The zero-order chi connectivity index (χ0) is 20.2. The molecule has 1 aromatic carbocycles.